The molecule has 1 aromatic carbocycles. The van der Waals surface area contributed by atoms with E-state index in [1.807, 2.05) is 24.3 Å². The summed E-state index contributed by atoms with van der Waals surface area (Å²) in [6, 6.07) is 7.28. The van der Waals surface area contributed by atoms with E-state index >= 15 is 0 Å². The first-order chi connectivity index (χ1) is 10.1. The minimum Gasteiger partial charge on any atom is -0.492 e. The molecule has 0 saturated carbocycles. The highest BCUT2D eigenvalue weighted by Gasteiger charge is 2.06. The molecule has 1 amide bonds. The van der Waals surface area contributed by atoms with Crippen molar-refractivity contribution >= 4 is 30.7 Å². The molecule has 0 radical (unpaired) electrons. The van der Waals surface area contributed by atoms with Gasteiger partial charge in [0.05, 0.1) is 6.04 Å². The summed E-state index contributed by atoms with van der Waals surface area (Å²) in [6.07, 6.45) is 0. The van der Waals surface area contributed by atoms with Crippen LogP contribution < -0.4 is 15.8 Å². The van der Waals surface area contributed by atoms with E-state index in [4.69, 9.17) is 10.5 Å². The zero-order chi connectivity index (χ0) is 15.7. The number of nitrogens with zero attached hydrogens (tertiary/aromatic N) is 1. The van der Waals surface area contributed by atoms with Gasteiger partial charge in [-0.3, -0.25) is 4.79 Å². The highest BCUT2D eigenvalue weighted by molar-refractivity contribution is 5.85. The van der Waals surface area contributed by atoms with Gasteiger partial charge in [-0.15, -0.1) is 24.8 Å². The first kappa shape index (κ1) is 24.2. The molecule has 0 spiro atoms. The number of halogens is 2. The first-order valence-corrected chi connectivity index (χ1v) is 7.54. The number of nitrogens with one attached hydrogen (secondary N) is 1. The van der Waals surface area contributed by atoms with E-state index in [1.165, 1.54) is 0 Å². The number of likely N-dealkylation sites (N-methyl/N-ethyl adjacent to an activating group) is 1. The Balaban J connectivity index is 0. The summed E-state index contributed by atoms with van der Waals surface area (Å²) < 4.78 is 5.71. The molecule has 0 aliphatic carbocycles. The fraction of sp³-hybridized carbons (Fsp3) is 0.562. The summed E-state index contributed by atoms with van der Waals surface area (Å²) in [4.78, 5) is 13.7. The summed E-state index contributed by atoms with van der Waals surface area (Å²) in [5.41, 5.74) is 6.52. The van der Waals surface area contributed by atoms with Gasteiger partial charge in [0.25, 0.3) is 0 Å². The zero-order valence-corrected chi connectivity index (χ0v) is 15.7. The van der Waals surface area contributed by atoms with Crippen molar-refractivity contribution < 1.29 is 9.53 Å². The second kappa shape index (κ2) is 13.4. The number of hydrogen-bond donors (Lipinski definition) is 2. The van der Waals surface area contributed by atoms with E-state index in [2.05, 4.69) is 24.1 Å². The maximum absolute atomic E-state index is 11.4. The van der Waals surface area contributed by atoms with Crippen LogP contribution >= 0.6 is 24.8 Å². The fourth-order valence-electron chi connectivity index (χ4n) is 1.89. The molecule has 0 bridgehead atoms. The summed E-state index contributed by atoms with van der Waals surface area (Å²) in [5, 5.41) is 2.78. The number of carbonyl (C=O) groups excluding carboxylic acids is 1. The maximum atomic E-state index is 11.4. The van der Waals surface area contributed by atoms with E-state index in [9.17, 15) is 4.79 Å². The van der Waals surface area contributed by atoms with Crippen LogP contribution in [0.3, 0.4) is 0 Å². The van der Waals surface area contributed by atoms with Crippen molar-refractivity contribution in [3.05, 3.63) is 29.8 Å². The van der Waals surface area contributed by atoms with Crippen molar-refractivity contribution in [1.82, 2.24) is 10.2 Å². The van der Waals surface area contributed by atoms with Crippen molar-refractivity contribution in [2.24, 2.45) is 5.73 Å². The lowest BCUT2D eigenvalue weighted by Gasteiger charge is -2.18. The molecule has 0 aliphatic rings. The largest absolute Gasteiger partial charge is 0.492 e. The Kier molecular flexibility index (Phi) is 14.2. The number of hydrogen-bond acceptors (Lipinski definition) is 4. The van der Waals surface area contributed by atoms with Gasteiger partial charge in [0.2, 0.25) is 5.91 Å². The van der Waals surface area contributed by atoms with Gasteiger partial charge >= 0.3 is 0 Å². The smallest absolute Gasteiger partial charge is 0.236 e. The monoisotopic (exact) mass is 365 g/mol. The van der Waals surface area contributed by atoms with E-state index in [-0.39, 0.29) is 30.7 Å². The topological polar surface area (TPSA) is 67.6 Å². The van der Waals surface area contributed by atoms with E-state index < -0.39 is 6.04 Å². The fourth-order valence-corrected chi connectivity index (χ4v) is 1.89. The molecule has 1 aromatic rings. The zero-order valence-electron chi connectivity index (χ0n) is 14.1. The SMILES string of the molecule is CCN(CC)CCOc1ccc(CNC(=O)[C@@H](C)N)cc1.Cl.Cl. The molecule has 5 nitrogen and oxygen atoms in total. The standard InChI is InChI=1S/C16H27N3O2.2ClH/c1-4-19(5-2)10-11-21-15-8-6-14(7-9-15)12-18-16(20)13(3)17;;/h6-9,13H,4-5,10-12,17H2,1-3H3,(H,18,20);2*1H/t13-;;/m1../s1. The Morgan fingerprint density at radius 3 is 2.26 bits per heavy atom. The third kappa shape index (κ3) is 9.66. The van der Waals surface area contributed by atoms with Gasteiger partial charge in [-0.2, -0.15) is 0 Å². The van der Waals surface area contributed by atoms with Crippen LogP contribution in [0.2, 0.25) is 0 Å². The number of nitrogens with two attached hydrogens (primary N) is 1. The van der Waals surface area contributed by atoms with Gasteiger partial charge in [-0.1, -0.05) is 26.0 Å². The van der Waals surface area contributed by atoms with Crippen LogP contribution in [0.15, 0.2) is 24.3 Å². The molecule has 0 aromatic heterocycles. The highest BCUT2D eigenvalue weighted by Crippen LogP contribution is 2.12. The van der Waals surface area contributed by atoms with Gasteiger partial charge in [0.1, 0.15) is 12.4 Å². The molecule has 1 rings (SSSR count). The van der Waals surface area contributed by atoms with Gasteiger partial charge in [0.15, 0.2) is 0 Å². The maximum Gasteiger partial charge on any atom is 0.236 e. The third-order valence-corrected chi connectivity index (χ3v) is 3.37. The third-order valence-electron chi connectivity index (χ3n) is 3.37. The first-order valence-electron chi connectivity index (χ1n) is 7.54. The van der Waals surface area contributed by atoms with E-state index in [0.29, 0.717) is 13.2 Å². The molecule has 23 heavy (non-hydrogen) atoms. The Morgan fingerprint density at radius 1 is 1.22 bits per heavy atom. The Morgan fingerprint density at radius 2 is 1.78 bits per heavy atom. The molecule has 0 aliphatic heterocycles. The Labute approximate surface area is 151 Å². The second-order valence-electron chi connectivity index (χ2n) is 5.03. The lowest BCUT2D eigenvalue weighted by Crippen LogP contribution is -2.37. The van der Waals surface area contributed by atoms with Crippen molar-refractivity contribution in [3.63, 3.8) is 0 Å². The lowest BCUT2D eigenvalue weighted by atomic mass is 10.2. The van der Waals surface area contributed by atoms with Gasteiger partial charge in [0, 0.05) is 13.1 Å². The minimum atomic E-state index is -0.479. The average molecular weight is 366 g/mol. The van der Waals surface area contributed by atoms with Crippen LogP contribution in [0.1, 0.15) is 26.3 Å². The summed E-state index contributed by atoms with van der Waals surface area (Å²) in [7, 11) is 0. The Bertz CT molecular complexity index is 424. The number of ether oxygens (including phenoxy) is 1. The average Bonchev–Trinajstić information content (AvgIpc) is 2.50. The summed E-state index contributed by atoms with van der Waals surface area (Å²) in [6.45, 7) is 10.1. The van der Waals surface area contributed by atoms with Crippen LogP contribution in [-0.2, 0) is 11.3 Å². The highest BCUT2D eigenvalue weighted by atomic mass is 35.5. The molecule has 134 valence electrons. The molecule has 0 heterocycles. The lowest BCUT2D eigenvalue weighted by molar-refractivity contribution is -0.122. The summed E-state index contributed by atoms with van der Waals surface area (Å²) in [5.74, 6) is 0.707. The summed E-state index contributed by atoms with van der Waals surface area (Å²) >= 11 is 0. The van der Waals surface area contributed by atoms with Gasteiger partial charge in [-0.25, -0.2) is 0 Å². The van der Waals surface area contributed by atoms with Gasteiger partial charge in [-0.05, 0) is 37.7 Å². The van der Waals surface area contributed by atoms with Crippen LogP contribution in [0.25, 0.3) is 0 Å². The normalized spacial score (nSPS) is 11.2. The molecular formula is C16H29Cl2N3O2. The molecular weight excluding hydrogens is 337 g/mol. The van der Waals surface area contributed by atoms with Crippen LogP contribution in [0.4, 0.5) is 0 Å². The predicted molar refractivity (Wildman–Crippen MR) is 99.7 cm³/mol. The van der Waals surface area contributed by atoms with Crippen molar-refractivity contribution in [3.8, 4) is 5.75 Å². The number of amides is 1. The van der Waals surface area contributed by atoms with E-state index in [1.54, 1.807) is 6.92 Å². The molecule has 0 fully saturated rings. The number of carbonyl (C=O) groups is 1. The molecule has 7 heteroatoms. The molecule has 0 unspecified atom stereocenters. The quantitative estimate of drug-likeness (QED) is 0.703. The number of rotatable bonds is 9. The Hall–Kier alpha value is -1.01. The van der Waals surface area contributed by atoms with Crippen molar-refractivity contribution in [2.45, 2.75) is 33.4 Å². The molecule has 3 N–H and O–H groups in total. The predicted octanol–water partition coefficient (Wildman–Crippen LogP) is 2.21. The molecule has 1 atom stereocenters. The van der Waals surface area contributed by atoms with Crippen LogP contribution in [0, 0.1) is 0 Å². The van der Waals surface area contributed by atoms with Gasteiger partial charge < -0.3 is 20.7 Å². The van der Waals surface area contributed by atoms with E-state index in [0.717, 1.165) is 30.9 Å². The van der Waals surface area contributed by atoms with Crippen molar-refractivity contribution in [2.75, 3.05) is 26.2 Å². The van der Waals surface area contributed by atoms with Crippen LogP contribution in [0.5, 0.6) is 5.75 Å². The number of benzene rings is 1. The second-order valence-corrected chi connectivity index (χ2v) is 5.03. The van der Waals surface area contributed by atoms with Crippen molar-refractivity contribution in [1.29, 1.82) is 0 Å². The molecule has 0 saturated heterocycles. The minimum absolute atomic E-state index is 0. The van der Waals surface area contributed by atoms with Crippen LogP contribution in [-0.4, -0.2) is 43.1 Å².